The summed E-state index contributed by atoms with van der Waals surface area (Å²) in [6.45, 7) is 8.56. The Morgan fingerprint density at radius 1 is 1.00 bits per heavy atom. The minimum absolute atomic E-state index is 0.128. The van der Waals surface area contributed by atoms with Gasteiger partial charge in [-0.05, 0) is 73.6 Å². The maximum Gasteiger partial charge on any atom is 0.126 e. The third-order valence-electron chi connectivity index (χ3n) is 4.09. The molecule has 0 heterocycles. The number of halogens is 2. The zero-order chi connectivity index (χ0) is 14.9. The summed E-state index contributed by atoms with van der Waals surface area (Å²) in [4.78, 5) is 0.137. The van der Waals surface area contributed by atoms with Crippen LogP contribution >= 0.6 is 15.9 Å². The van der Waals surface area contributed by atoms with E-state index in [2.05, 4.69) is 49.7 Å². The molecule has 2 aromatic rings. The Balaban J connectivity index is 2.40. The van der Waals surface area contributed by atoms with Crippen molar-refractivity contribution >= 4 is 15.9 Å². The lowest BCUT2D eigenvalue weighted by Gasteiger charge is -2.20. The second kappa shape index (κ2) is 6.09. The van der Waals surface area contributed by atoms with Crippen LogP contribution in [0.4, 0.5) is 4.39 Å². The van der Waals surface area contributed by atoms with Crippen molar-refractivity contribution in [3.05, 3.63) is 69.5 Å². The first-order chi connectivity index (χ1) is 9.41. The van der Waals surface area contributed by atoms with Gasteiger partial charge in [0.25, 0.3) is 0 Å². The van der Waals surface area contributed by atoms with Gasteiger partial charge < -0.3 is 0 Å². The average Bonchev–Trinajstić information content (AvgIpc) is 2.39. The van der Waals surface area contributed by atoms with Crippen molar-refractivity contribution < 1.29 is 4.39 Å². The molecule has 0 saturated carbocycles. The highest BCUT2D eigenvalue weighted by Gasteiger charge is 2.17. The zero-order valence-electron chi connectivity index (χ0n) is 12.4. The van der Waals surface area contributed by atoms with Crippen molar-refractivity contribution in [3.8, 4) is 0 Å². The predicted molar refractivity (Wildman–Crippen MR) is 87.2 cm³/mol. The Bertz CT molecular complexity index is 605. The summed E-state index contributed by atoms with van der Waals surface area (Å²) in [5.74, 6) is -0.128. The molecule has 0 N–H and O–H groups in total. The average molecular weight is 335 g/mol. The summed E-state index contributed by atoms with van der Waals surface area (Å²) in [6, 6.07) is 9.22. The number of hydrogen-bond acceptors (Lipinski definition) is 0. The van der Waals surface area contributed by atoms with Gasteiger partial charge in [-0.25, -0.2) is 4.39 Å². The molecule has 0 aromatic heterocycles. The van der Waals surface area contributed by atoms with E-state index in [4.69, 9.17) is 0 Å². The van der Waals surface area contributed by atoms with Gasteiger partial charge in [-0.2, -0.15) is 0 Å². The Kier molecular flexibility index (Phi) is 4.64. The van der Waals surface area contributed by atoms with Gasteiger partial charge in [0, 0.05) is 4.83 Å². The van der Waals surface area contributed by atoms with E-state index in [0.29, 0.717) is 6.42 Å². The van der Waals surface area contributed by atoms with Gasteiger partial charge in [-0.15, -0.1) is 0 Å². The van der Waals surface area contributed by atoms with Crippen LogP contribution in [0.25, 0.3) is 0 Å². The smallest absolute Gasteiger partial charge is 0.126 e. The van der Waals surface area contributed by atoms with Crippen molar-refractivity contribution in [2.45, 2.75) is 38.9 Å². The SMILES string of the molecule is Cc1cc(C)c(C)c(C(Br)Cc2ccccc2F)c1C. The van der Waals surface area contributed by atoms with Crippen LogP contribution in [-0.2, 0) is 6.42 Å². The fraction of sp³-hybridized carbons (Fsp3) is 0.333. The van der Waals surface area contributed by atoms with Crippen LogP contribution < -0.4 is 0 Å². The molecule has 0 radical (unpaired) electrons. The zero-order valence-corrected chi connectivity index (χ0v) is 14.0. The standard InChI is InChI=1S/C18H20BrF/c1-11-9-12(2)14(4)18(13(11)3)16(19)10-15-7-5-6-8-17(15)20/h5-9,16H,10H2,1-4H3. The number of hydrogen-bond donors (Lipinski definition) is 0. The largest absolute Gasteiger partial charge is 0.207 e. The molecule has 2 rings (SSSR count). The molecule has 0 aliphatic rings. The Hall–Kier alpha value is -1.15. The Morgan fingerprint density at radius 2 is 1.55 bits per heavy atom. The molecule has 0 spiro atoms. The van der Waals surface area contributed by atoms with Gasteiger partial charge in [0.1, 0.15) is 5.82 Å². The lowest BCUT2D eigenvalue weighted by Crippen LogP contribution is -2.05. The molecule has 0 fully saturated rings. The number of benzene rings is 2. The van der Waals surface area contributed by atoms with Crippen molar-refractivity contribution in [1.82, 2.24) is 0 Å². The van der Waals surface area contributed by atoms with E-state index < -0.39 is 0 Å². The van der Waals surface area contributed by atoms with Crippen LogP contribution in [0.3, 0.4) is 0 Å². The minimum Gasteiger partial charge on any atom is -0.207 e. The molecular weight excluding hydrogens is 315 g/mol. The molecule has 1 atom stereocenters. The molecule has 0 saturated heterocycles. The fourth-order valence-corrected chi connectivity index (χ4v) is 3.71. The monoisotopic (exact) mass is 334 g/mol. The van der Waals surface area contributed by atoms with Crippen LogP contribution in [-0.4, -0.2) is 0 Å². The summed E-state index contributed by atoms with van der Waals surface area (Å²) in [6.07, 6.45) is 0.664. The summed E-state index contributed by atoms with van der Waals surface area (Å²) >= 11 is 3.76. The summed E-state index contributed by atoms with van der Waals surface area (Å²) in [7, 11) is 0. The van der Waals surface area contributed by atoms with E-state index in [-0.39, 0.29) is 10.6 Å². The molecule has 0 aliphatic carbocycles. The lowest BCUT2D eigenvalue weighted by atomic mass is 9.90. The number of alkyl halides is 1. The van der Waals surface area contributed by atoms with E-state index in [1.54, 1.807) is 6.07 Å². The lowest BCUT2D eigenvalue weighted by molar-refractivity contribution is 0.608. The van der Waals surface area contributed by atoms with Crippen molar-refractivity contribution in [2.75, 3.05) is 0 Å². The fourth-order valence-electron chi connectivity index (χ4n) is 2.68. The van der Waals surface area contributed by atoms with Gasteiger partial charge in [-0.3, -0.25) is 0 Å². The topological polar surface area (TPSA) is 0 Å². The highest BCUT2D eigenvalue weighted by molar-refractivity contribution is 9.09. The first kappa shape index (κ1) is 15.2. The first-order valence-corrected chi connectivity index (χ1v) is 7.78. The molecular formula is C18H20BrF. The molecule has 0 amide bonds. The molecule has 2 heteroatoms. The molecule has 0 nitrogen and oxygen atoms in total. The van der Waals surface area contributed by atoms with E-state index in [1.165, 1.54) is 33.9 Å². The minimum atomic E-state index is -0.128. The highest BCUT2D eigenvalue weighted by Crippen LogP contribution is 2.35. The number of rotatable bonds is 3. The molecule has 20 heavy (non-hydrogen) atoms. The molecule has 0 bridgehead atoms. The third kappa shape index (κ3) is 2.95. The predicted octanol–water partition coefficient (Wildman–Crippen LogP) is 5.74. The maximum atomic E-state index is 13.8. The first-order valence-electron chi connectivity index (χ1n) is 6.86. The van der Waals surface area contributed by atoms with Gasteiger partial charge in [0.2, 0.25) is 0 Å². The van der Waals surface area contributed by atoms with Crippen molar-refractivity contribution in [2.24, 2.45) is 0 Å². The molecule has 2 aromatic carbocycles. The third-order valence-corrected chi connectivity index (χ3v) is 4.88. The van der Waals surface area contributed by atoms with Crippen molar-refractivity contribution in [1.29, 1.82) is 0 Å². The van der Waals surface area contributed by atoms with Crippen molar-refractivity contribution in [3.63, 3.8) is 0 Å². The Morgan fingerprint density at radius 3 is 2.10 bits per heavy atom. The molecule has 1 unspecified atom stereocenters. The summed E-state index contributed by atoms with van der Waals surface area (Å²) in [5, 5.41) is 0. The van der Waals surface area contributed by atoms with Crippen LogP contribution in [0.2, 0.25) is 0 Å². The quantitative estimate of drug-likeness (QED) is 0.628. The normalized spacial score (nSPS) is 12.5. The second-order valence-corrected chi connectivity index (χ2v) is 6.54. The van der Waals surface area contributed by atoms with E-state index >= 15 is 0 Å². The summed E-state index contributed by atoms with van der Waals surface area (Å²) in [5.41, 5.74) is 7.23. The maximum absolute atomic E-state index is 13.8. The highest BCUT2D eigenvalue weighted by atomic mass is 79.9. The molecule has 106 valence electrons. The Labute approximate surface area is 129 Å². The van der Waals surface area contributed by atoms with Crippen LogP contribution in [0.15, 0.2) is 30.3 Å². The second-order valence-electron chi connectivity index (χ2n) is 5.44. The van der Waals surface area contributed by atoms with Crippen LogP contribution in [0.5, 0.6) is 0 Å². The summed E-state index contributed by atoms with van der Waals surface area (Å²) < 4.78 is 13.8. The van der Waals surface area contributed by atoms with Gasteiger partial charge >= 0.3 is 0 Å². The van der Waals surface area contributed by atoms with Gasteiger partial charge in [0.15, 0.2) is 0 Å². The van der Waals surface area contributed by atoms with E-state index in [9.17, 15) is 4.39 Å². The van der Waals surface area contributed by atoms with Gasteiger partial charge in [-0.1, -0.05) is 40.2 Å². The van der Waals surface area contributed by atoms with E-state index in [1.807, 2.05) is 12.1 Å². The van der Waals surface area contributed by atoms with E-state index in [0.717, 1.165) is 5.56 Å². The number of aryl methyl sites for hydroxylation is 2. The van der Waals surface area contributed by atoms with Crippen LogP contribution in [0.1, 0.15) is 38.2 Å². The van der Waals surface area contributed by atoms with Gasteiger partial charge in [0.05, 0.1) is 0 Å². The molecule has 0 aliphatic heterocycles. The van der Waals surface area contributed by atoms with Crippen LogP contribution in [0, 0.1) is 33.5 Å².